The predicted molar refractivity (Wildman–Crippen MR) is 65.4 cm³/mol. The lowest BCUT2D eigenvalue weighted by atomic mass is 9.75. The van der Waals surface area contributed by atoms with E-state index in [-0.39, 0.29) is 11.3 Å². The number of fused-ring (bicyclic) bond motifs is 2. The summed E-state index contributed by atoms with van der Waals surface area (Å²) in [6.07, 6.45) is 1.94. The summed E-state index contributed by atoms with van der Waals surface area (Å²) in [5, 5.41) is 6.30. The molecule has 1 spiro atoms. The second kappa shape index (κ2) is 3.74. The molecule has 2 aliphatic heterocycles. The number of methoxy groups -OCH3 is 1. The SMILES string of the molecule is COc1ccc2c(c1)C1(CCCNC1)C(=O)N2. The number of ether oxygens (including phenoxy) is 1. The van der Waals surface area contributed by atoms with Gasteiger partial charge in [-0.25, -0.2) is 0 Å². The van der Waals surface area contributed by atoms with Gasteiger partial charge >= 0.3 is 0 Å². The number of nitrogens with one attached hydrogen (secondary N) is 2. The fourth-order valence-electron chi connectivity index (χ4n) is 2.85. The summed E-state index contributed by atoms with van der Waals surface area (Å²) in [4.78, 5) is 12.2. The van der Waals surface area contributed by atoms with Crippen molar-refractivity contribution in [3.8, 4) is 5.75 Å². The van der Waals surface area contributed by atoms with Crippen LogP contribution in [0.25, 0.3) is 0 Å². The highest BCUT2D eigenvalue weighted by Crippen LogP contribution is 2.43. The standard InChI is InChI=1S/C13H16N2O2/c1-17-9-3-4-11-10(7-9)13(12(16)15-11)5-2-6-14-8-13/h3-4,7,14H,2,5-6,8H2,1H3,(H,15,16). The first-order valence-corrected chi connectivity index (χ1v) is 5.97. The van der Waals surface area contributed by atoms with Gasteiger partial charge in [-0.05, 0) is 43.1 Å². The van der Waals surface area contributed by atoms with Gasteiger partial charge in [-0.15, -0.1) is 0 Å². The zero-order valence-corrected chi connectivity index (χ0v) is 9.88. The number of piperidine rings is 1. The molecule has 1 saturated heterocycles. The summed E-state index contributed by atoms with van der Waals surface area (Å²) in [5.74, 6) is 0.929. The molecule has 1 unspecified atom stereocenters. The first-order valence-electron chi connectivity index (χ1n) is 5.97. The Kier molecular flexibility index (Phi) is 2.33. The fraction of sp³-hybridized carbons (Fsp3) is 0.462. The quantitative estimate of drug-likeness (QED) is 0.766. The number of rotatable bonds is 1. The normalized spacial score (nSPS) is 26.8. The molecule has 0 aliphatic carbocycles. The average Bonchev–Trinajstić information content (AvgIpc) is 2.63. The van der Waals surface area contributed by atoms with Crippen molar-refractivity contribution in [1.82, 2.24) is 5.32 Å². The molecular formula is C13H16N2O2. The lowest BCUT2D eigenvalue weighted by Crippen LogP contribution is -2.47. The minimum absolute atomic E-state index is 0.118. The van der Waals surface area contributed by atoms with Crippen LogP contribution < -0.4 is 15.4 Å². The van der Waals surface area contributed by atoms with E-state index >= 15 is 0 Å². The van der Waals surface area contributed by atoms with Crippen LogP contribution in [0.2, 0.25) is 0 Å². The van der Waals surface area contributed by atoms with Crippen molar-refractivity contribution < 1.29 is 9.53 Å². The summed E-state index contributed by atoms with van der Waals surface area (Å²) in [6.45, 7) is 1.72. The summed E-state index contributed by atoms with van der Waals surface area (Å²) >= 11 is 0. The zero-order valence-electron chi connectivity index (χ0n) is 9.88. The number of hydrogen-bond donors (Lipinski definition) is 2. The number of carbonyl (C=O) groups is 1. The molecule has 0 saturated carbocycles. The van der Waals surface area contributed by atoms with Crippen molar-refractivity contribution in [2.24, 2.45) is 0 Å². The van der Waals surface area contributed by atoms with E-state index in [0.29, 0.717) is 0 Å². The van der Waals surface area contributed by atoms with Gasteiger partial charge in [-0.1, -0.05) is 0 Å². The van der Waals surface area contributed by atoms with Crippen LogP contribution in [-0.2, 0) is 10.2 Å². The topological polar surface area (TPSA) is 50.4 Å². The number of anilines is 1. The first-order chi connectivity index (χ1) is 8.26. The molecule has 1 amide bonds. The maximum absolute atomic E-state index is 12.2. The van der Waals surface area contributed by atoms with Crippen molar-refractivity contribution in [3.63, 3.8) is 0 Å². The molecule has 1 fully saturated rings. The summed E-state index contributed by atoms with van der Waals surface area (Å²) in [7, 11) is 1.65. The Bertz CT molecular complexity index is 464. The Morgan fingerprint density at radius 1 is 1.41 bits per heavy atom. The zero-order chi connectivity index (χ0) is 11.9. The van der Waals surface area contributed by atoms with Gasteiger partial charge in [0.2, 0.25) is 5.91 Å². The van der Waals surface area contributed by atoms with E-state index in [4.69, 9.17) is 4.74 Å². The molecular weight excluding hydrogens is 216 g/mol. The second-order valence-corrected chi connectivity index (χ2v) is 4.73. The monoisotopic (exact) mass is 232 g/mol. The maximum atomic E-state index is 12.2. The van der Waals surface area contributed by atoms with Gasteiger partial charge < -0.3 is 15.4 Å². The lowest BCUT2D eigenvalue weighted by Gasteiger charge is -2.32. The Hall–Kier alpha value is -1.55. The molecule has 0 radical (unpaired) electrons. The minimum Gasteiger partial charge on any atom is -0.497 e. The van der Waals surface area contributed by atoms with Crippen LogP contribution >= 0.6 is 0 Å². The van der Waals surface area contributed by atoms with Crippen LogP contribution in [0.4, 0.5) is 5.69 Å². The van der Waals surface area contributed by atoms with E-state index in [2.05, 4.69) is 10.6 Å². The highest BCUT2D eigenvalue weighted by atomic mass is 16.5. The molecule has 3 rings (SSSR count). The second-order valence-electron chi connectivity index (χ2n) is 4.73. The van der Waals surface area contributed by atoms with Crippen molar-refractivity contribution in [2.45, 2.75) is 18.3 Å². The van der Waals surface area contributed by atoms with Crippen molar-refractivity contribution in [3.05, 3.63) is 23.8 Å². The molecule has 90 valence electrons. The van der Waals surface area contributed by atoms with E-state index in [9.17, 15) is 4.79 Å². The Labute approximate surface area is 100 Å². The van der Waals surface area contributed by atoms with Crippen LogP contribution in [0.3, 0.4) is 0 Å². The molecule has 2 heterocycles. The summed E-state index contributed by atoms with van der Waals surface area (Å²) in [6, 6.07) is 5.80. The average molecular weight is 232 g/mol. The van der Waals surface area contributed by atoms with Crippen LogP contribution in [0.5, 0.6) is 5.75 Å². The molecule has 17 heavy (non-hydrogen) atoms. The Morgan fingerprint density at radius 2 is 2.29 bits per heavy atom. The highest BCUT2D eigenvalue weighted by Gasteiger charge is 2.47. The van der Waals surface area contributed by atoms with Crippen LogP contribution in [0.15, 0.2) is 18.2 Å². The summed E-state index contributed by atoms with van der Waals surface area (Å²) < 4.78 is 5.25. The molecule has 0 aromatic heterocycles. The molecule has 1 atom stereocenters. The van der Waals surface area contributed by atoms with Crippen LogP contribution in [0.1, 0.15) is 18.4 Å². The molecule has 4 nitrogen and oxygen atoms in total. The molecule has 2 aliphatic rings. The van der Waals surface area contributed by atoms with Crippen molar-refractivity contribution >= 4 is 11.6 Å². The third-order valence-corrected chi connectivity index (χ3v) is 3.81. The van der Waals surface area contributed by atoms with Crippen molar-refractivity contribution in [2.75, 3.05) is 25.5 Å². The van der Waals surface area contributed by atoms with Crippen molar-refractivity contribution in [1.29, 1.82) is 0 Å². The van der Waals surface area contributed by atoms with E-state index in [1.165, 1.54) is 0 Å². The van der Waals surface area contributed by atoms with E-state index in [0.717, 1.165) is 42.9 Å². The third kappa shape index (κ3) is 1.44. The predicted octanol–water partition coefficient (Wildman–Crippen LogP) is 1.27. The van der Waals surface area contributed by atoms with Gasteiger partial charge in [0.15, 0.2) is 0 Å². The number of hydrogen-bond acceptors (Lipinski definition) is 3. The van der Waals surface area contributed by atoms with E-state index in [1.807, 2.05) is 18.2 Å². The number of benzene rings is 1. The first kappa shape index (κ1) is 10.6. The third-order valence-electron chi connectivity index (χ3n) is 3.81. The van der Waals surface area contributed by atoms with E-state index < -0.39 is 0 Å². The van der Waals surface area contributed by atoms with Gasteiger partial charge in [-0.3, -0.25) is 4.79 Å². The number of carbonyl (C=O) groups excluding carboxylic acids is 1. The minimum atomic E-state index is -0.387. The Morgan fingerprint density at radius 3 is 3.00 bits per heavy atom. The fourth-order valence-corrected chi connectivity index (χ4v) is 2.85. The van der Waals surface area contributed by atoms with Gasteiger partial charge in [0.25, 0.3) is 0 Å². The molecule has 4 heteroatoms. The summed E-state index contributed by atoms with van der Waals surface area (Å²) in [5.41, 5.74) is 1.62. The van der Waals surface area contributed by atoms with Gasteiger partial charge in [0.05, 0.1) is 12.5 Å². The smallest absolute Gasteiger partial charge is 0.236 e. The lowest BCUT2D eigenvalue weighted by molar-refractivity contribution is -0.121. The molecule has 1 aromatic carbocycles. The largest absolute Gasteiger partial charge is 0.497 e. The van der Waals surface area contributed by atoms with Crippen LogP contribution in [0, 0.1) is 0 Å². The number of amides is 1. The molecule has 0 bridgehead atoms. The van der Waals surface area contributed by atoms with Gasteiger partial charge in [-0.2, -0.15) is 0 Å². The van der Waals surface area contributed by atoms with Gasteiger partial charge in [0, 0.05) is 12.2 Å². The molecule has 2 N–H and O–H groups in total. The Balaban J connectivity index is 2.10. The van der Waals surface area contributed by atoms with Gasteiger partial charge in [0.1, 0.15) is 5.75 Å². The van der Waals surface area contributed by atoms with Crippen LogP contribution in [-0.4, -0.2) is 26.1 Å². The molecule has 1 aromatic rings. The van der Waals surface area contributed by atoms with E-state index in [1.54, 1.807) is 7.11 Å². The maximum Gasteiger partial charge on any atom is 0.236 e. The highest BCUT2D eigenvalue weighted by molar-refractivity contribution is 6.06.